The van der Waals surface area contributed by atoms with Crippen LogP contribution in [0.15, 0.2) is 0 Å². The molecule has 4 nitrogen and oxygen atoms in total. The number of nitrogens with one attached hydrogen (secondary N) is 1. The molecule has 1 saturated heterocycles. The van der Waals surface area contributed by atoms with Gasteiger partial charge in [0.15, 0.2) is 0 Å². The molecule has 0 aromatic carbocycles. The third-order valence-electron chi connectivity index (χ3n) is 3.17. The van der Waals surface area contributed by atoms with Crippen LogP contribution in [-0.2, 0) is 9.47 Å². The fourth-order valence-corrected chi connectivity index (χ4v) is 2.16. The summed E-state index contributed by atoms with van der Waals surface area (Å²) in [6.45, 7) is 6.09. The van der Waals surface area contributed by atoms with Gasteiger partial charge in [0.05, 0.1) is 12.7 Å². The van der Waals surface area contributed by atoms with Gasteiger partial charge in [-0.05, 0) is 45.8 Å². The van der Waals surface area contributed by atoms with E-state index in [0.717, 1.165) is 32.8 Å². The zero-order valence-electron chi connectivity index (χ0n) is 11.4. The predicted molar refractivity (Wildman–Crippen MR) is 70.5 cm³/mol. The van der Waals surface area contributed by atoms with E-state index < -0.39 is 0 Å². The summed E-state index contributed by atoms with van der Waals surface area (Å²) >= 11 is 0. The minimum atomic E-state index is 0.486. The maximum atomic E-state index is 5.63. The van der Waals surface area contributed by atoms with Gasteiger partial charge >= 0.3 is 0 Å². The zero-order chi connectivity index (χ0) is 12.3. The monoisotopic (exact) mass is 244 g/mol. The molecule has 1 fully saturated rings. The first kappa shape index (κ1) is 14.9. The summed E-state index contributed by atoms with van der Waals surface area (Å²) in [5.41, 5.74) is 0. The van der Waals surface area contributed by atoms with Crippen LogP contribution in [0.4, 0.5) is 0 Å². The van der Waals surface area contributed by atoms with Crippen LogP contribution in [0.25, 0.3) is 0 Å². The van der Waals surface area contributed by atoms with E-state index in [1.807, 2.05) is 0 Å². The number of rotatable bonds is 10. The second kappa shape index (κ2) is 9.83. The van der Waals surface area contributed by atoms with Gasteiger partial charge in [0.1, 0.15) is 0 Å². The van der Waals surface area contributed by atoms with Crippen LogP contribution in [0.3, 0.4) is 0 Å². The molecule has 0 spiro atoms. The Hall–Kier alpha value is -0.160. The smallest absolute Gasteiger partial charge is 0.0702 e. The van der Waals surface area contributed by atoms with Gasteiger partial charge in [0.25, 0.3) is 0 Å². The van der Waals surface area contributed by atoms with Gasteiger partial charge in [0, 0.05) is 26.8 Å². The van der Waals surface area contributed by atoms with Crippen molar-refractivity contribution in [1.82, 2.24) is 10.2 Å². The first-order chi connectivity index (χ1) is 8.33. The van der Waals surface area contributed by atoms with Crippen LogP contribution < -0.4 is 5.32 Å². The van der Waals surface area contributed by atoms with Gasteiger partial charge < -0.3 is 19.7 Å². The fourth-order valence-electron chi connectivity index (χ4n) is 2.16. The van der Waals surface area contributed by atoms with Crippen molar-refractivity contribution in [2.45, 2.75) is 31.8 Å². The molecule has 4 heteroatoms. The highest BCUT2D eigenvalue weighted by atomic mass is 16.5. The molecule has 1 aliphatic rings. The van der Waals surface area contributed by atoms with Crippen LogP contribution in [0.2, 0.25) is 0 Å². The first-order valence-electron chi connectivity index (χ1n) is 6.82. The van der Waals surface area contributed by atoms with Crippen LogP contribution in [0.1, 0.15) is 25.7 Å². The molecule has 0 radical (unpaired) electrons. The summed E-state index contributed by atoms with van der Waals surface area (Å²) in [4.78, 5) is 2.39. The molecular formula is C13H28N2O2. The van der Waals surface area contributed by atoms with E-state index in [2.05, 4.69) is 17.3 Å². The van der Waals surface area contributed by atoms with Crippen molar-refractivity contribution in [2.75, 3.05) is 53.6 Å². The molecule has 1 rings (SSSR count). The molecule has 1 aliphatic heterocycles. The van der Waals surface area contributed by atoms with E-state index in [9.17, 15) is 0 Å². The Morgan fingerprint density at radius 1 is 1.35 bits per heavy atom. The number of methoxy groups -OCH3 is 1. The fraction of sp³-hybridized carbons (Fsp3) is 1.00. The number of likely N-dealkylation sites (N-methyl/N-ethyl adjacent to an activating group) is 1. The molecule has 0 aromatic rings. The summed E-state index contributed by atoms with van der Waals surface area (Å²) in [6.07, 6.45) is 5.45. The van der Waals surface area contributed by atoms with Gasteiger partial charge in [0.2, 0.25) is 0 Å². The quantitative estimate of drug-likeness (QED) is 0.584. The van der Waals surface area contributed by atoms with Crippen molar-refractivity contribution in [2.24, 2.45) is 0 Å². The normalized spacial score (nSPS) is 20.3. The Labute approximate surface area is 106 Å². The van der Waals surface area contributed by atoms with Crippen LogP contribution in [-0.4, -0.2) is 64.6 Å². The first-order valence-corrected chi connectivity index (χ1v) is 6.82. The third-order valence-corrected chi connectivity index (χ3v) is 3.17. The van der Waals surface area contributed by atoms with E-state index in [-0.39, 0.29) is 0 Å². The molecule has 1 N–H and O–H groups in total. The molecule has 1 atom stereocenters. The van der Waals surface area contributed by atoms with Crippen molar-refractivity contribution in [3.8, 4) is 0 Å². The van der Waals surface area contributed by atoms with Crippen molar-refractivity contribution >= 4 is 0 Å². The summed E-state index contributed by atoms with van der Waals surface area (Å²) in [6, 6.07) is 0. The Morgan fingerprint density at radius 3 is 2.94 bits per heavy atom. The summed E-state index contributed by atoms with van der Waals surface area (Å²) in [7, 11) is 3.93. The van der Waals surface area contributed by atoms with Crippen molar-refractivity contribution in [1.29, 1.82) is 0 Å². The SMILES string of the molecule is COCCNCCCCN(C)CC1CCCO1. The van der Waals surface area contributed by atoms with E-state index >= 15 is 0 Å². The number of nitrogens with zero attached hydrogens (tertiary/aromatic N) is 1. The molecule has 102 valence electrons. The highest BCUT2D eigenvalue weighted by Gasteiger charge is 2.16. The molecule has 0 saturated carbocycles. The summed E-state index contributed by atoms with van der Waals surface area (Å²) in [5, 5.41) is 3.36. The van der Waals surface area contributed by atoms with Crippen LogP contribution in [0, 0.1) is 0 Å². The molecular weight excluding hydrogens is 216 g/mol. The largest absolute Gasteiger partial charge is 0.383 e. The predicted octanol–water partition coefficient (Wildman–Crippen LogP) is 1.11. The molecule has 0 aliphatic carbocycles. The highest BCUT2D eigenvalue weighted by Crippen LogP contribution is 2.12. The van der Waals surface area contributed by atoms with Crippen molar-refractivity contribution in [3.63, 3.8) is 0 Å². The summed E-state index contributed by atoms with van der Waals surface area (Å²) < 4.78 is 10.6. The average Bonchev–Trinajstić information content (AvgIpc) is 2.80. The Balaban J connectivity index is 1.84. The molecule has 0 aromatic heterocycles. The van der Waals surface area contributed by atoms with Crippen molar-refractivity contribution < 1.29 is 9.47 Å². The lowest BCUT2D eigenvalue weighted by atomic mass is 10.2. The van der Waals surface area contributed by atoms with Crippen LogP contribution in [0.5, 0.6) is 0 Å². The van der Waals surface area contributed by atoms with Gasteiger partial charge in [-0.2, -0.15) is 0 Å². The lowest BCUT2D eigenvalue weighted by Gasteiger charge is -2.20. The molecule has 17 heavy (non-hydrogen) atoms. The minimum Gasteiger partial charge on any atom is -0.383 e. The van der Waals surface area contributed by atoms with E-state index in [4.69, 9.17) is 9.47 Å². The Bertz CT molecular complexity index is 173. The number of hydrogen-bond donors (Lipinski definition) is 1. The summed E-state index contributed by atoms with van der Waals surface area (Å²) in [5.74, 6) is 0. The lowest BCUT2D eigenvalue weighted by molar-refractivity contribution is 0.0808. The van der Waals surface area contributed by atoms with Crippen LogP contribution >= 0.6 is 0 Å². The zero-order valence-corrected chi connectivity index (χ0v) is 11.4. The van der Waals surface area contributed by atoms with Crippen molar-refractivity contribution in [3.05, 3.63) is 0 Å². The van der Waals surface area contributed by atoms with E-state index in [1.165, 1.54) is 32.2 Å². The number of unbranched alkanes of at least 4 members (excludes halogenated alkanes) is 1. The second-order valence-corrected chi connectivity index (χ2v) is 4.85. The van der Waals surface area contributed by atoms with Gasteiger partial charge in [-0.1, -0.05) is 0 Å². The van der Waals surface area contributed by atoms with E-state index in [0.29, 0.717) is 6.10 Å². The Morgan fingerprint density at radius 2 is 2.24 bits per heavy atom. The standard InChI is InChI=1S/C13H28N2O2/c1-15(12-13-6-5-10-17-13)9-4-3-7-14-8-11-16-2/h13-14H,3-12H2,1-2H3. The molecule has 1 heterocycles. The maximum absolute atomic E-state index is 5.63. The lowest BCUT2D eigenvalue weighted by Crippen LogP contribution is -2.30. The molecule has 0 amide bonds. The second-order valence-electron chi connectivity index (χ2n) is 4.85. The van der Waals surface area contributed by atoms with E-state index in [1.54, 1.807) is 7.11 Å². The average molecular weight is 244 g/mol. The van der Waals surface area contributed by atoms with Gasteiger partial charge in [-0.25, -0.2) is 0 Å². The third kappa shape index (κ3) is 7.71. The molecule has 0 bridgehead atoms. The Kier molecular flexibility index (Phi) is 8.61. The topological polar surface area (TPSA) is 33.7 Å². The van der Waals surface area contributed by atoms with Gasteiger partial charge in [-0.15, -0.1) is 0 Å². The highest BCUT2D eigenvalue weighted by molar-refractivity contribution is 4.68. The molecule has 1 unspecified atom stereocenters. The number of hydrogen-bond acceptors (Lipinski definition) is 4. The maximum Gasteiger partial charge on any atom is 0.0702 e. The minimum absolute atomic E-state index is 0.486. The van der Waals surface area contributed by atoms with Gasteiger partial charge in [-0.3, -0.25) is 0 Å². The number of ether oxygens (including phenoxy) is 2.